The van der Waals surface area contributed by atoms with E-state index in [-0.39, 0.29) is 6.04 Å². The average Bonchev–Trinajstić information content (AvgIpc) is 2.66. The summed E-state index contributed by atoms with van der Waals surface area (Å²) in [5, 5.41) is 3.36. The second-order valence-electron chi connectivity index (χ2n) is 5.89. The molecule has 1 rings (SSSR count). The Balaban J connectivity index is 2.31. The molecule has 106 valence electrons. The molecule has 1 saturated heterocycles. The Kier molecular flexibility index (Phi) is 6.69. The van der Waals surface area contributed by atoms with Crippen molar-refractivity contribution in [1.29, 1.82) is 0 Å². The van der Waals surface area contributed by atoms with Crippen molar-refractivity contribution in [2.75, 3.05) is 6.54 Å². The van der Waals surface area contributed by atoms with Crippen LogP contribution in [0.25, 0.3) is 0 Å². The van der Waals surface area contributed by atoms with Crippen LogP contribution in [0.1, 0.15) is 66.2 Å². The Hall–Kier alpha value is -0.570. The third kappa shape index (κ3) is 4.60. The van der Waals surface area contributed by atoms with Gasteiger partial charge in [0, 0.05) is 18.6 Å². The number of carbonyl (C=O) groups is 1. The maximum Gasteiger partial charge on any atom is 0.240 e. The topological polar surface area (TPSA) is 32.3 Å². The number of unbranched alkanes of at least 4 members (excludes halogenated alkanes) is 3. The molecule has 1 aliphatic rings. The SMILES string of the molecule is CCCCCCC(C)N1CCC(NC(C)C)C1=O. The third-order valence-corrected chi connectivity index (χ3v) is 3.78. The second-order valence-corrected chi connectivity index (χ2v) is 5.89. The number of nitrogens with one attached hydrogen (secondary N) is 1. The molecule has 0 bridgehead atoms. The van der Waals surface area contributed by atoms with Gasteiger partial charge in [-0.15, -0.1) is 0 Å². The van der Waals surface area contributed by atoms with Crippen LogP contribution in [0.2, 0.25) is 0 Å². The maximum absolute atomic E-state index is 12.2. The lowest BCUT2D eigenvalue weighted by Gasteiger charge is -2.25. The normalized spacial score (nSPS) is 21.9. The van der Waals surface area contributed by atoms with Crippen molar-refractivity contribution in [3.8, 4) is 0 Å². The first-order valence-corrected chi connectivity index (χ1v) is 7.62. The van der Waals surface area contributed by atoms with Gasteiger partial charge < -0.3 is 10.2 Å². The number of hydrogen-bond acceptors (Lipinski definition) is 2. The highest BCUT2D eigenvalue weighted by Crippen LogP contribution is 2.18. The van der Waals surface area contributed by atoms with E-state index in [9.17, 15) is 4.79 Å². The molecule has 1 amide bonds. The lowest BCUT2D eigenvalue weighted by atomic mass is 10.1. The number of nitrogens with zero attached hydrogens (tertiary/aromatic N) is 1. The van der Waals surface area contributed by atoms with Crippen molar-refractivity contribution >= 4 is 5.91 Å². The lowest BCUT2D eigenvalue weighted by Crippen LogP contribution is -2.43. The summed E-state index contributed by atoms with van der Waals surface area (Å²) < 4.78 is 0. The van der Waals surface area contributed by atoms with Crippen LogP contribution in [-0.2, 0) is 4.79 Å². The Bertz CT molecular complexity index is 253. The lowest BCUT2D eigenvalue weighted by molar-refractivity contribution is -0.131. The number of rotatable bonds is 8. The van der Waals surface area contributed by atoms with Gasteiger partial charge in [-0.3, -0.25) is 4.79 Å². The number of likely N-dealkylation sites (tertiary alicyclic amines) is 1. The monoisotopic (exact) mass is 254 g/mol. The summed E-state index contributed by atoms with van der Waals surface area (Å²) >= 11 is 0. The fourth-order valence-electron chi connectivity index (χ4n) is 2.72. The molecule has 3 nitrogen and oxygen atoms in total. The highest BCUT2D eigenvalue weighted by Gasteiger charge is 2.33. The number of carbonyl (C=O) groups excluding carboxylic acids is 1. The minimum atomic E-state index is 0.0584. The van der Waals surface area contributed by atoms with E-state index < -0.39 is 0 Å². The average molecular weight is 254 g/mol. The molecule has 0 aromatic carbocycles. The molecular weight excluding hydrogens is 224 g/mol. The van der Waals surface area contributed by atoms with Crippen molar-refractivity contribution < 1.29 is 4.79 Å². The van der Waals surface area contributed by atoms with Crippen molar-refractivity contribution in [1.82, 2.24) is 10.2 Å². The van der Waals surface area contributed by atoms with Gasteiger partial charge >= 0.3 is 0 Å². The molecule has 0 spiro atoms. The molecular formula is C15H30N2O. The molecule has 1 aliphatic heterocycles. The van der Waals surface area contributed by atoms with Gasteiger partial charge in [0.15, 0.2) is 0 Å². The molecule has 0 aromatic heterocycles. The van der Waals surface area contributed by atoms with Crippen LogP contribution >= 0.6 is 0 Å². The Morgan fingerprint density at radius 2 is 2.00 bits per heavy atom. The van der Waals surface area contributed by atoms with Crippen LogP contribution in [0.15, 0.2) is 0 Å². The zero-order valence-electron chi connectivity index (χ0n) is 12.5. The summed E-state index contributed by atoms with van der Waals surface area (Å²) in [5.41, 5.74) is 0. The first kappa shape index (κ1) is 15.5. The van der Waals surface area contributed by atoms with Crippen LogP contribution in [0, 0.1) is 0 Å². The molecule has 2 unspecified atom stereocenters. The predicted octanol–water partition coefficient (Wildman–Crippen LogP) is 2.94. The molecule has 3 heteroatoms. The second kappa shape index (κ2) is 7.78. The zero-order valence-corrected chi connectivity index (χ0v) is 12.5. The molecule has 1 N–H and O–H groups in total. The van der Waals surface area contributed by atoms with Crippen LogP contribution in [0.4, 0.5) is 0 Å². The maximum atomic E-state index is 12.2. The first-order chi connectivity index (χ1) is 8.56. The van der Waals surface area contributed by atoms with Gasteiger partial charge in [-0.1, -0.05) is 46.5 Å². The molecule has 0 aliphatic carbocycles. The van der Waals surface area contributed by atoms with E-state index in [1.165, 1.54) is 25.7 Å². The third-order valence-electron chi connectivity index (χ3n) is 3.78. The van der Waals surface area contributed by atoms with Gasteiger partial charge in [0.25, 0.3) is 0 Å². The summed E-state index contributed by atoms with van der Waals surface area (Å²) in [5.74, 6) is 0.312. The molecule has 18 heavy (non-hydrogen) atoms. The standard InChI is InChI=1S/C15H30N2O/c1-5-6-7-8-9-13(4)17-11-10-14(15(17)18)16-12(2)3/h12-14,16H,5-11H2,1-4H3. The quantitative estimate of drug-likeness (QED) is 0.675. The largest absolute Gasteiger partial charge is 0.339 e. The van der Waals surface area contributed by atoms with Gasteiger partial charge in [0.05, 0.1) is 6.04 Å². The van der Waals surface area contributed by atoms with Gasteiger partial charge in [0.2, 0.25) is 5.91 Å². The molecule has 0 aromatic rings. The molecule has 1 fully saturated rings. The summed E-state index contributed by atoms with van der Waals surface area (Å²) in [7, 11) is 0. The van der Waals surface area contributed by atoms with Crippen molar-refractivity contribution in [2.24, 2.45) is 0 Å². The predicted molar refractivity (Wildman–Crippen MR) is 76.6 cm³/mol. The van der Waals surface area contributed by atoms with Crippen molar-refractivity contribution in [2.45, 2.75) is 84.3 Å². The summed E-state index contributed by atoms with van der Waals surface area (Å²) in [6, 6.07) is 0.857. The van der Waals surface area contributed by atoms with Gasteiger partial charge in [0.1, 0.15) is 0 Å². The van der Waals surface area contributed by atoms with E-state index in [0.717, 1.165) is 19.4 Å². The van der Waals surface area contributed by atoms with E-state index in [1.54, 1.807) is 0 Å². The number of amides is 1. The van der Waals surface area contributed by atoms with Crippen molar-refractivity contribution in [3.63, 3.8) is 0 Å². The molecule has 1 heterocycles. The molecule has 0 saturated carbocycles. The number of hydrogen-bond donors (Lipinski definition) is 1. The minimum Gasteiger partial charge on any atom is -0.339 e. The smallest absolute Gasteiger partial charge is 0.240 e. The van der Waals surface area contributed by atoms with E-state index in [2.05, 4.69) is 37.9 Å². The van der Waals surface area contributed by atoms with Crippen LogP contribution in [0.3, 0.4) is 0 Å². The molecule has 2 atom stereocenters. The fraction of sp³-hybridized carbons (Fsp3) is 0.933. The van der Waals surface area contributed by atoms with Crippen LogP contribution < -0.4 is 5.32 Å². The van der Waals surface area contributed by atoms with E-state index in [0.29, 0.717) is 18.0 Å². The van der Waals surface area contributed by atoms with Gasteiger partial charge in [-0.25, -0.2) is 0 Å². The van der Waals surface area contributed by atoms with Crippen LogP contribution in [-0.4, -0.2) is 35.5 Å². The van der Waals surface area contributed by atoms with Gasteiger partial charge in [-0.2, -0.15) is 0 Å². The highest BCUT2D eigenvalue weighted by atomic mass is 16.2. The summed E-state index contributed by atoms with van der Waals surface area (Å²) in [6.07, 6.45) is 7.27. The van der Waals surface area contributed by atoms with E-state index in [4.69, 9.17) is 0 Å². The zero-order chi connectivity index (χ0) is 13.5. The first-order valence-electron chi connectivity index (χ1n) is 7.62. The van der Waals surface area contributed by atoms with Crippen LogP contribution in [0.5, 0.6) is 0 Å². The van der Waals surface area contributed by atoms with E-state index in [1.807, 2.05) is 0 Å². The Labute approximate surface area is 112 Å². The highest BCUT2D eigenvalue weighted by molar-refractivity contribution is 5.84. The minimum absolute atomic E-state index is 0.0584. The fourth-order valence-corrected chi connectivity index (χ4v) is 2.72. The van der Waals surface area contributed by atoms with Gasteiger partial charge in [-0.05, 0) is 19.8 Å². The summed E-state index contributed by atoms with van der Waals surface area (Å²) in [4.78, 5) is 14.3. The molecule has 0 radical (unpaired) electrons. The Morgan fingerprint density at radius 1 is 1.28 bits per heavy atom. The van der Waals surface area contributed by atoms with E-state index >= 15 is 0 Å². The van der Waals surface area contributed by atoms with Crippen molar-refractivity contribution in [3.05, 3.63) is 0 Å². The Morgan fingerprint density at radius 3 is 2.61 bits per heavy atom. The summed E-state index contributed by atoms with van der Waals surface area (Å²) in [6.45, 7) is 9.56.